The molecule has 0 bridgehead atoms. The summed E-state index contributed by atoms with van der Waals surface area (Å²) in [5.41, 5.74) is 4.37. The topological polar surface area (TPSA) is 18.5 Å². The highest BCUT2D eigenvalue weighted by molar-refractivity contribution is 5.58. The zero-order valence-corrected chi connectivity index (χ0v) is 12.9. The second-order valence-corrected chi connectivity index (χ2v) is 6.54. The maximum atomic E-state index is 3.65. The van der Waals surface area contributed by atoms with Crippen LogP contribution in [0.1, 0.15) is 24.0 Å². The molecule has 1 saturated heterocycles. The third-order valence-corrected chi connectivity index (χ3v) is 4.76. The molecule has 0 aliphatic carbocycles. The Bertz CT molecular complexity index is 458. The normalized spacial score (nSPS) is 23.1. The van der Waals surface area contributed by atoms with Crippen molar-refractivity contribution in [2.24, 2.45) is 5.92 Å². The molecule has 0 aromatic heterocycles. The smallest absolute Gasteiger partial charge is 0.0397 e. The third-order valence-electron chi connectivity index (χ3n) is 4.76. The summed E-state index contributed by atoms with van der Waals surface area (Å²) in [6, 6.07) is 6.95. The molecule has 1 unspecified atom stereocenters. The van der Waals surface area contributed by atoms with Crippen molar-refractivity contribution in [3.8, 4) is 0 Å². The molecule has 20 heavy (non-hydrogen) atoms. The molecule has 1 aromatic rings. The first-order valence-electron chi connectivity index (χ1n) is 7.94. The fourth-order valence-electron chi connectivity index (χ4n) is 3.59. The molecule has 0 radical (unpaired) electrons. The molecular formula is C17H27N3. The maximum absolute atomic E-state index is 3.65. The standard InChI is InChI=1S/C17H27N3/c1-19-8-3-4-15(13-19)12-18-11-14-5-6-17-16(10-14)7-9-20(17)2/h5-6,10,15,18H,3-4,7-9,11-13H2,1-2H3. The van der Waals surface area contributed by atoms with Crippen LogP contribution >= 0.6 is 0 Å². The maximum Gasteiger partial charge on any atom is 0.0397 e. The predicted octanol–water partition coefficient (Wildman–Crippen LogP) is 2.11. The number of anilines is 1. The lowest BCUT2D eigenvalue weighted by molar-refractivity contribution is 0.206. The van der Waals surface area contributed by atoms with Crippen molar-refractivity contribution in [2.45, 2.75) is 25.8 Å². The first kappa shape index (κ1) is 13.9. The average Bonchev–Trinajstić information content (AvgIpc) is 2.80. The minimum atomic E-state index is 0.828. The number of fused-ring (bicyclic) bond motifs is 1. The number of hydrogen-bond acceptors (Lipinski definition) is 3. The van der Waals surface area contributed by atoms with Crippen LogP contribution in [-0.4, -0.2) is 45.2 Å². The highest BCUT2D eigenvalue weighted by Gasteiger charge is 2.17. The van der Waals surface area contributed by atoms with E-state index in [9.17, 15) is 0 Å². The number of piperidine rings is 1. The first-order valence-corrected chi connectivity index (χ1v) is 7.94. The zero-order chi connectivity index (χ0) is 13.9. The number of likely N-dealkylation sites (tertiary alicyclic amines) is 1. The van der Waals surface area contributed by atoms with E-state index in [4.69, 9.17) is 0 Å². The van der Waals surface area contributed by atoms with E-state index < -0.39 is 0 Å². The molecular weight excluding hydrogens is 246 g/mol. The Kier molecular flexibility index (Phi) is 4.27. The van der Waals surface area contributed by atoms with E-state index in [-0.39, 0.29) is 0 Å². The van der Waals surface area contributed by atoms with Crippen LogP contribution in [0.3, 0.4) is 0 Å². The fourth-order valence-corrected chi connectivity index (χ4v) is 3.59. The summed E-state index contributed by atoms with van der Waals surface area (Å²) < 4.78 is 0. The minimum absolute atomic E-state index is 0.828. The van der Waals surface area contributed by atoms with Crippen molar-refractivity contribution >= 4 is 5.69 Å². The van der Waals surface area contributed by atoms with Crippen LogP contribution in [0.15, 0.2) is 18.2 Å². The highest BCUT2D eigenvalue weighted by Crippen LogP contribution is 2.27. The summed E-state index contributed by atoms with van der Waals surface area (Å²) in [7, 11) is 4.42. The van der Waals surface area contributed by atoms with E-state index in [0.717, 1.165) is 19.0 Å². The van der Waals surface area contributed by atoms with Gasteiger partial charge in [-0.1, -0.05) is 12.1 Å². The van der Waals surface area contributed by atoms with Gasteiger partial charge in [-0.25, -0.2) is 0 Å². The predicted molar refractivity (Wildman–Crippen MR) is 85.3 cm³/mol. The van der Waals surface area contributed by atoms with Gasteiger partial charge in [0.2, 0.25) is 0 Å². The Labute approximate surface area is 123 Å². The van der Waals surface area contributed by atoms with Crippen molar-refractivity contribution in [3.05, 3.63) is 29.3 Å². The van der Waals surface area contributed by atoms with Crippen molar-refractivity contribution in [3.63, 3.8) is 0 Å². The van der Waals surface area contributed by atoms with Gasteiger partial charge in [0.1, 0.15) is 0 Å². The lowest BCUT2D eigenvalue weighted by Crippen LogP contribution is -2.37. The Hall–Kier alpha value is -1.06. The van der Waals surface area contributed by atoms with Crippen molar-refractivity contribution < 1.29 is 0 Å². The van der Waals surface area contributed by atoms with Gasteiger partial charge in [-0.3, -0.25) is 0 Å². The van der Waals surface area contributed by atoms with Gasteiger partial charge in [0.05, 0.1) is 0 Å². The monoisotopic (exact) mass is 273 g/mol. The molecule has 3 rings (SSSR count). The van der Waals surface area contributed by atoms with E-state index in [1.807, 2.05) is 0 Å². The molecule has 1 fully saturated rings. The van der Waals surface area contributed by atoms with Gasteiger partial charge >= 0.3 is 0 Å². The van der Waals surface area contributed by atoms with Crippen molar-refractivity contribution in [1.82, 2.24) is 10.2 Å². The van der Waals surface area contributed by atoms with Gasteiger partial charge < -0.3 is 15.1 Å². The number of benzene rings is 1. The summed E-state index contributed by atoms with van der Waals surface area (Å²) in [6.07, 6.45) is 3.94. The second kappa shape index (κ2) is 6.15. The zero-order valence-electron chi connectivity index (χ0n) is 12.9. The first-order chi connectivity index (χ1) is 9.72. The average molecular weight is 273 g/mol. The molecule has 0 amide bonds. The molecule has 110 valence electrons. The van der Waals surface area contributed by atoms with Crippen molar-refractivity contribution in [1.29, 1.82) is 0 Å². The molecule has 1 aromatic carbocycles. The summed E-state index contributed by atoms with van der Waals surface area (Å²) in [6.45, 7) is 5.86. The largest absolute Gasteiger partial charge is 0.374 e. The van der Waals surface area contributed by atoms with Crippen LogP contribution < -0.4 is 10.2 Å². The molecule has 0 spiro atoms. The molecule has 2 aliphatic rings. The summed E-state index contributed by atoms with van der Waals surface area (Å²) in [5.74, 6) is 0.828. The SMILES string of the molecule is CN1CCCC(CNCc2ccc3c(c2)CCN3C)C1. The second-order valence-electron chi connectivity index (χ2n) is 6.54. The number of nitrogens with one attached hydrogen (secondary N) is 1. The fraction of sp³-hybridized carbons (Fsp3) is 0.647. The van der Waals surface area contributed by atoms with Crippen LogP contribution in [0.4, 0.5) is 5.69 Å². The Balaban J connectivity index is 1.49. The van der Waals surface area contributed by atoms with Gasteiger partial charge in [0, 0.05) is 32.4 Å². The van der Waals surface area contributed by atoms with E-state index in [1.54, 1.807) is 0 Å². The Morgan fingerprint density at radius 1 is 1.25 bits per heavy atom. The van der Waals surface area contributed by atoms with Gasteiger partial charge in [-0.05, 0) is 62.5 Å². The van der Waals surface area contributed by atoms with E-state index in [0.29, 0.717) is 0 Å². The van der Waals surface area contributed by atoms with E-state index in [2.05, 4.69) is 47.4 Å². The third kappa shape index (κ3) is 3.15. The number of rotatable bonds is 4. The summed E-state index contributed by atoms with van der Waals surface area (Å²) in [5, 5.41) is 3.65. The van der Waals surface area contributed by atoms with Crippen LogP contribution in [0.2, 0.25) is 0 Å². The van der Waals surface area contributed by atoms with E-state index >= 15 is 0 Å². The summed E-state index contributed by atoms with van der Waals surface area (Å²) >= 11 is 0. The molecule has 3 heteroatoms. The Morgan fingerprint density at radius 2 is 2.15 bits per heavy atom. The van der Waals surface area contributed by atoms with Crippen LogP contribution in [0.25, 0.3) is 0 Å². The lowest BCUT2D eigenvalue weighted by atomic mass is 9.98. The number of hydrogen-bond donors (Lipinski definition) is 1. The van der Waals surface area contributed by atoms with E-state index in [1.165, 1.54) is 55.7 Å². The molecule has 2 aliphatic heterocycles. The summed E-state index contributed by atoms with van der Waals surface area (Å²) in [4.78, 5) is 4.81. The van der Waals surface area contributed by atoms with Crippen LogP contribution in [0.5, 0.6) is 0 Å². The highest BCUT2D eigenvalue weighted by atomic mass is 15.1. The minimum Gasteiger partial charge on any atom is -0.374 e. The quantitative estimate of drug-likeness (QED) is 0.906. The molecule has 1 atom stereocenters. The number of nitrogens with zero attached hydrogens (tertiary/aromatic N) is 2. The van der Waals surface area contributed by atoms with Gasteiger partial charge in [-0.15, -0.1) is 0 Å². The number of likely N-dealkylation sites (N-methyl/N-ethyl adjacent to an activating group) is 1. The van der Waals surface area contributed by atoms with Crippen LogP contribution in [0, 0.1) is 5.92 Å². The van der Waals surface area contributed by atoms with Gasteiger partial charge in [0.25, 0.3) is 0 Å². The lowest BCUT2D eigenvalue weighted by Gasteiger charge is -2.29. The molecule has 0 saturated carbocycles. The molecule has 3 nitrogen and oxygen atoms in total. The molecule has 1 N–H and O–H groups in total. The Morgan fingerprint density at radius 3 is 3.00 bits per heavy atom. The van der Waals surface area contributed by atoms with Crippen molar-refractivity contribution in [2.75, 3.05) is 45.2 Å². The van der Waals surface area contributed by atoms with Crippen LogP contribution in [-0.2, 0) is 13.0 Å². The van der Waals surface area contributed by atoms with Gasteiger partial charge in [0.15, 0.2) is 0 Å². The molecule has 2 heterocycles. The van der Waals surface area contributed by atoms with Gasteiger partial charge in [-0.2, -0.15) is 0 Å².